The van der Waals surface area contributed by atoms with E-state index in [-0.39, 0.29) is 12.5 Å². The van der Waals surface area contributed by atoms with E-state index < -0.39 is 32.2 Å². The Morgan fingerprint density at radius 1 is 1.08 bits per heavy atom. The molecule has 128 valence electrons. The Morgan fingerprint density at radius 2 is 1.67 bits per heavy atom. The molecule has 0 aliphatic heterocycles. The highest BCUT2D eigenvalue weighted by atomic mass is 32.2. The molecule has 1 fully saturated rings. The number of aliphatic hydroxyl groups is 1. The maximum absolute atomic E-state index is 13.3. The van der Waals surface area contributed by atoms with E-state index in [9.17, 15) is 22.3 Å². The molecule has 0 aromatic heterocycles. The summed E-state index contributed by atoms with van der Waals surface area (Å²) in [5.41, 5.74) is -0.735. The van der Waals surface area contributed by atoms with Gasteiger partial charge in [0, 0.05) is 12.6 Å². The average Bonchev–Trinajstić information content (AvgIpc) is 3.38. The monoisotopic (exact) mass is 353 g/mol. The van der Waals surface area contributed by atoms with Gasteiger partial charge < -0.3 is 5.11 Å². The van der Waals surface area contributed by atoms with Crippen LogP contribution in [0.5, 0.6) is 0 Å². The van der Waals surface area contributed by atoms with Crippen molar-refractivity contribution in [2.24, 2.45) is 5.92 Å². The molecule has 7 heteroatoms. The molecular weight excluding hydrogens is 336 g/mol. The second-order valence-electron chi connectivity index (χ2n) is 5.99. The Balaban J connectivity index is 1.84. The summed E-state index contributed by atoms with van der Waals surface area (Å²) >= 11 is 0. The van der Waals surface area contributed by atoms with Crippen LogP contribution in [0.3, 0.4) is 0 Å². The van der Waals surface area contributed by atoms with Gasteiger partial charge in [-0.1, -0.05) is 30.3 Å². The highest BCUT2D eigenvalue weighted by Gasteiger charge is 2.45. The van der Waals surface area contributed by atoms with Crippen molar-refractivity contribution in [2.45, 2.75) is 23.3 Å². The van der Waals surface area contributed by atoms with E-state index in [4.69, 9.17) is 0 Å². The van der Waals surface area contributed by atoms with Crippen LogP contribution in [0.25, 0.3) is 0 Å². The van der Waals surface area contributed by atoms with Crippen molar-refractivity contribution >= 4 is 10.0 Å². The number of nitrogens with one attached hydrogen (secondary N) is 1. The third kappa shape index (κ3) is 3.48. The summed E-state index contributed by atoms with van der Waals surface area (Å²) in [5.74, 6) is -2.00. The molecule has 1 aliphatic rings. The molecule has 1 atom stereocenters. The Morgan fingerprint density at radius 3 is 2.21 bits per heavy atom. The van der Waals surface area contributed by atoms with Crippen molar-refractivity contribution < 1.29 is 22.3 Å². The summed E-state index contributed by atoms with van der Waals surface area (Å²) in [7, 11) is -4.14. The van der Waals surface area contributed by atoms with Crippen LogP contribution in [0.2, 0.25) is 0 Å². The largest absolute Gasteiger partial charge is 0.383 e. The molecule has 0 bridgehead atoms. The quantitative estimate of drug-likeness (QED) is 0.839. The van der Waals surface area contributed by atoms with Gasteiger partial charge in [-0.3, -0.25) is 0 Å². The summed E-state index contributed by atoms with van der Waals surface area (Å²) in [6, 6.07) is 10.9. The summed E-state index contributed by atoms with van der Waals surface area (Å²) in [6.45, 7) is -0.262. The van der Waals surface area contributed by atoms with E-state index >= 15 is 0 Å². The molecule has 2 N–H and O–H groups in total. The Bertz CT molecular complexity index is 818. The molecule has 1 saturated carbocycles. The highest BCUT2D eigenvalue weighted by Crippen LogP contribution is 2.45. The summed E-state index contributed by atoms with van der Waals surface area (Å²) < 4.78 is 53.4. The molecule has 0 saturated heterocycles. The molecule has 0 spiro atoms. The van der Waals surface area contributed by atoms with Crippen LogP contribution in [0.1, 0.15) is 18.4 Å². The number of hydrogen-bond donors (Lipinski definition) is 2. The average molecular weight is 353 g/mol. The van der Waals surface area contributed by atoms with Gasteiger partial charge in [-0.05, 0) is 36.5 Å². The summed E-state index contributed by atoms with van der Waals surface area (Å²) in [5, 5.41) is 11.0. The van der Waals surface area contributed by atoms with Gasteiger partial charge in [0.1, 0.15) is 17.2 Å². The van der Waals surface area contributed by atoms with Crippen molar-refractivity contribution in [1.82, 2.24) is 4.72 Å². The third-order valence-electron chi connectivity index (χ3n) is 4.20. The molecule has 2 aromatic rings. The normalized spacial score (nSPS) is 17.5. The minimum atomic E-state index is -4.14. The first-order valence-corrected chi connectivity index (χ1v) is 9.03. The first-order chi connectivity index (χ1) is 11.3. The van der Waals surface area contributed by atoms with Crippen LogP contribution in [0.4, 0.5) is 8.78 Å². The Hall–Kier alpha value is -1.83. The van der Waals surface area contributed by atoms with E-state index in [1.54, 1.807) is 30.3 Å². The lowest BCUT2D eigenvalue weighted by molar-refractivity contribution is 0.0185. The molecule has 0 radical (unpaired) electrons. The topological polar surface area (TPSA) is 66.4 Å². The molecule has 0 heterocycles. The number of halogens is 2. The van der Waals surface area contributed by atoms with Gasteiger partial charge in [0.2, 0.25) is 10.0 Å². The maximum Gasteiger partial charge on any atom is 0.240 e. The highest BCUT2D eigenvalue weighted by molar-refractivity contribution is 7.89. The van der Waals surface area contributed by atoms with E-state index in [0.29, 0.717) is 11.6 Å². The lowest BCUT2D eigenvalue weighted by Crippen LogP contribution is -2.42. The molecule has 2 aromatic carbocycles. The van der Waals surface area contributed by atoms with Crippen molar-refractivity contribution in [3.8, 4) is 0 Å². The maximum atomic E-state index is 13.3. The smallest absolute Gasteiger partial charge is 0.240 e. The van der Waals surface area contributed by atoms with E-state index in [0.717, 1.165) is 25.0 Å². The minimum absolute atomic E-state index is 0.0492. The van der Waals surface area contributed by atoms with Crippen molar-refractivity contribution in [2.75, 3.05) is 6.54 Å². The molecule has 4 nitrogen and oxygen atoms in total. The van der Waals surface area contributed by atoms with Gasteiger partial charge in [0.15, 0.2) is 0 Å². The first-order valence-electron chi connectivity index (χ1n) is 7.55. The minimum Gasteiger partial charge on any atom is -0.383 e. The van der Waals surface area contributed by atoms with Crippen LogP contribution in [0.15, 0.2) is 53.4 Å². The van der Waals surface area contributed by atoms with Crippen LogP contribution in [-0.4, -0.2) is 20.1 Å². The Labute approximate surface area is 139 Å². The van der Waals surface area contributed by atoms with Gasteiger partial charge in [-0.15, -0.1) is 0 Å². The second-order valence-corrected chi connectivity index (χ2v) is 7.76. The second kappa shape index (κ2) is 6.23. The van der Waals surface area contributed by atoms with Crippen LogP contribution in [0, 0.1) is 17.6 Å². The van der Waals surface area contributed by atoms with Gasteiger partial charge in [-0.25, -0.2) is 21.9 Å². The van der Waals surface area contributed by atoms with E-state index in [2.05, 4.69) is 4.72 Å². The van der Waals surface area contributed by atoms with Gasteiger partial charge in [0.25, 0.3) is 0 Å². The van der Waals surface area contributed by atoms with E-state index in [1.807, 2.05) is 0 Å². The predicted molar refractivity (Wildman–Crippen MR) is 84.6 cm³/mol. The summed E-state index contributed by atoms with van der Waals surface area (Å²) in [4.78, 5) is -0.508. The summed E-state index contributed by atoms with van der Waals surface area (Å²) in [6.07, 6.45) is 1.59. The first kappa shape index (κ1) is 17.0. The SMILES string of the molecule is O=S(=O)(NCC(O)(c1ccccc1)C1CC1)c1cc(F)cc(F)c1. The zero-order valence-corrected chi connectivity index (χ0v) is 13.6. The lowest BCUT2D eigenvalue weighted by Gasteiger charge is -2.29. The van der Waals surface area contributed by atoms with Gasteiger partial charge >= 0.3 is 0 Å². The van der Waals surface area contributed by atoms with Crippen molar-refractivity contribution in [3.63, 3.8) is 0 Å². The van der Waals surface area contributed by atoms with Gasteiger partial charge in [-0.2, -0.15) is 0 Å². The zero-order chi connectivity index (χ0) is 17.4. The number of hydrogen-bond acceptors (Lipinski definition) is 3. The number of rotatable bonds is 6. The number of sulfonamides is 1. The third-order valence-corrected chi connectivity index (χ3v) is 5.59. The molecule has 1 unspecified atom stereocenters. The van der Waals surface area contributed by atoms with E-state index in [1.165, 1.54) is 0 Å². The van der Waals surface area contributed by atoms with Crippen LogP contribution >= 0.6 is 0 Å². The fraction of sp³-hybridized carbons (Fsp3) is 0.294. The fourth-order valence-corrected chi connectivity index (χ4v) is 3.85. The van der Waals surface area contributed by atoms with Gasteiger partial charge in [0.05, 0.1) is 4.90 Å². The zero-order valence-electron chi connectivity index (χ0n) is 12.7. The van der Waals surface area contributed by atoms with Crippen LogP contribution < -0.4 is 4.72 Å². The fourth-order valence-electron chi connectivity index (χ4n) is 2.74. The Kier molecular flexibility index (Phi) is 4.42. The predicted octanol–water partition coefficient (Wildman–Crippen LogP) is 2.54. The van der Waals surface area contributed by atoms with Crippen LogP contribution in [-0.2, 0) is 15.6 Å². The molecule has 3 rings (SSSR count). The molecule has 24 heavy (non-hydrogen) atoms. The standard InChI is InChI=1S/C17H17F2NO3S/c18-14-8-15(19)10-16(9-14)24(22,23)20-11-17(21,13-6-7-13)12-4-2-1-3-5-12/h1-5,8-10,13,20-21H,6-7,11H2. The number of benzene rings is 2. The molecule has 1 aliphatic carbocycles. The van der Waals surface area contributed by atoms with Crippen molar-refractivity contribution in [1.29, 1.82) is 0 Å². The lowest BCUT2D eigenvalue weighted by atomic mass is 9.89. The van der Waals surface area contributed by atoms with Crippen molar-refractivity contribution in [3.05, 3.63) is 65.7 Å². The molecule has 0 amide bonds. The molecular formula is C17H17F2NO3S.